The molecule has 11 heterocycles. The van der Waals surface area contributed by atoms with Gasteiger partial charge in [-0.15, -0.1) is 0 Å². The molecule has 0 aliphatic carbocycles. The summed E-state index contributed by atoms with van der Waals surface area (Å²) in [5.74, 6) is 0. The smallest absolute Gasteiger partial charge is 0.0967 e. The Bertz CT molecular complexity index is 6330. The fourth-order valence-electron chi connectivity index (χ4n) is 13.5. The van der Waals surface area contributed by atoms with Gasteiger partial charge in [0.15, 0.2) is 0 Å². The molecular weight excluding hydrogens is 1620 g/mol. The molecule has 133 heavy (non-hydrogen) atoms. The molecule has 0 aliphatic rings. The van der Waals surface area contributed by atoms with E-state index in [4.69, 9.17) is 0 Å². The van der Waals surface area contributed by atoms with E-state index >= 15 is 0 Å². The zero-order chi connectivity index (χ0) is 99.8. The fourth-order valence-corrected chi connectivity index (χ4v) is 13.5. The zero-order valence-corrected chi connectivity index (χ0v) is 87.4. The maximum Gasteiger partial charge on any atom is 0.0967 e. The van der Waals surface area contributed by atoms with Crippen LogP contribution in [0.15, 0.2) is 317 Å². The van der Waals surface area contributed by atoms with Crippen molar-refractivity contribution in [1.29, 1.82) is 0 Å². The number of nitrogens with zero attached hydrogens (tertiary/aromatic N) is 11. The third-order valence-electron chi connectivity index (χ3n) is 18.8. The van der Waals surface area contributed by atoms with Gasteiger partial charge in [-0.2, -0.15) is 0 Å². The number of rotatable bonds is 0. The Morgan fingerprint density at radius 3 is 0.910 bits per heavy atom. The molecule has 0 aliphatic heterocycles. The van der Waals surface area contributed by atoms with Gasteiger partial charge < -0.3 is 0 Å². The van der Waals surface area contributed by atoms with E-state index in [1.54, 1.807) is 0 Å². The van der Waals surface area contributed by atoms with Gasteiger partial charge in [0.1, 0.15) is 0 Å². The number of pyridine rings is 11. The average Bonchev–Trinajstić information content (AvgIpc) is 0.877. The van der Waals surface area contributed by atoms with Crippen molar-refractivity contribution < 1.29 is 0 Å². The SMILES string of the molecule is CC.CC.CC.CC.CC.CC.CC.CC.CC.CC.CC.CC.CC.CC.Cc1cc2cccnc2c2ncccc12.Cc1ccc2c(ccc3cccnc32)c1.Cc1ccc2ccc3cccnc3c2c1.Cc1ccc2ccc3cccnc3c2n1.Cc1cccc2c1ccc1cccnc12.Cc1ccnc2c1ccc1cccnc12.Cc1cnc2c(ccc3cccnc32)c1. The number of hydrogen-bond donors (Lipinski definition) is 0. The standard InChI is InChI=1S/3C14H11N.4C13H10N2.14C2H6/c1-10-4-2-6-13-12(10)8-7-11-5-3-9-15-14(11)13;1-10-4-7-13-12(9-10)6-5-11-3-2-8-15-14(11)13;1-10-4-5-11-6-7-12-3-2-8-15-14(12)13(11)9-10;1-9-8-10-4-2-6-14-12(10)13-11(9)5-3-7-15-13;1-9-4-5-11-7-6-10-3-2-8-14-12(10)13(11)15-9;1-9-6-8-15-13-11(9)5-4-10-3-2-7-14-12(10)13;1-9-7-11-5-4-10-3-2-6-14-12(10)13(11)15-8-9;14*1-2/h3*2-9H,1H3;4*2-8H,1H3;14*1-2H3. The first-order valence-electron chi connectivity index (χ1n) is 49.1. The molecule has 0 radical (unpaired) electrons. The molecule has 0 atom stereocenters. The van der Waals surface area contributed by atoms with Crippen molar-refractivity contribution in [2.45, 2.75) is 242 Å². The van der Waals surface area contributed by atoms with Crippen LogP contribution < -0.4 is 0 Å². The van der Waals surface area contributed by atoms with Crippen LogP contribution in [0.4, 0.5) is 0 Å². The molecule has 11 nitrogen and oxygen atoms in total. The number of fused-ring (bicyclic) bond motifs is 21. The third-order valence-corrected chi connectivity index (χ3v) is 18.8. The number of aryl methyl sites for hydroxylation is 7. The summed E-state index contributed by atoms with van der Waals surface area (Å²) in [6, 6.07) is 87.5. The molecule has 10 aromatic carbocycles. The molecule has 21 aromatic rings. The number of benzene rings is 10. The Morgan fingerprint density at radius 1 is 0.143 bits per heavy atom. The van der Waals surface area contributed by atoms with Crippen LogP contribution in [0.3, 0.4) is 0 Å². The van der Waals surface area contributed by atoms with Gasteiger partial charge in [-0.3, -0.25) is 54.8 Å². The molecule has 11 aromatic heterocycles. The molecule has 0 unspecified atom stereocenters. The number of hydrogen-bond acceptors (Lipinski definition) is 11. The maximum atomic E-state index is 4.54. The predicted molar refractivity (Wildman–Crippen MR) is 598 cm³/mol. The van der Waals surface area contributed by atoms with Crippen molar-refractivity contribution in [3.8, 4) is 0 Å². The zero-order valence-electron chi connectivity index (χ0n) is 87.4. The highest BCUT2D eigenvalue weighted by Crippen LogP contribution is 2.31. The van der Waals surface area contributed by atoms with Crippen LogP contribution in [-0.2, 0) is 0 Å². The Labute approximate surface area is 800 Å². The highest BCUT2D eigenvalue weighted by Gasteiger charge is 2.10. The highest BCUT2D eigenvalue weighted by atomic mass is 14.8. The maximum absolute atomic E-state index is 4.54. The van der Waals surface area contributed by atoms with Crippen LogP contribution in [0.2, 0.25) is 0 Å². The quantitative estimate of drug-likeness (QED) is 0.134. The van der Waals surface area contributed by atoms with Crippen molar-refractivity contribution in [2.24, 2.45) is 0 Å². The summed E-state index contributed by atoms with van der Waals surface area (Å²) in [4.78, 5) is 48.7. The van der Waals surface area contributed by atoms with E-state index in [2.05, 4.69) is 290 Å². The Morgan fingerprint density at radius 2 is 0.421 bits per heavy atom. The predicted octanol–water partition coefficient (Wildman–Crippen LogP) is 37.8. The van der Waals surface area contributed by atoms with Gasteiger partial charge in [-0.25, -0.2) is 0 Å². The molecule has 0 saturated heterocycles. The van der Waals surface area contributed by atoms with Crippen molar-refractivity contribution in [1.82, 2.24) is 54.8 Å². The van der Waals surface area contributed by atoms with E-state index in [1.807, 2.05) is 323 Å². The van der Waals surface area contributed by atoms with E-state index in [1.165, 1.54) is 92.6 Å². The van der Waals surface area contributed by atoms with Gasteiger partial charge in [0.2, 0.25) is 0 Å². The average molecular weight is 1780 g/mol. The lowest BCUT2D eigenvalue weighted by Gasteiger charge is -2.04. The lowest BCUT2D eigenvalue weighted by Crippen LogP contribution is -1.86. The van der Waals surface area contributed by atoms with E-state index < -0.39 is 0 Å². The van der Waals surface area contributed by atoms with Gasteiger partial charge >= 0.3 is 0 Å². The largest absolute Gasteiger partial charge is 0.256 e. The Hall–Kier alpha value is -13.5. The second kappa shape index (κ2) is 68.5. The van der Waals surface area contributed by atoms with Crippen molar-refractivity contribution >= 4 is 152 Å². The Balaban J connectivity index is 0.000000742. The summed E-state index contributed by atoms with van der Waals surface area (Å²) in [6.07, 6.45) is 18.3. The van der Waals surface area contributed by atoms with Gasteiger partial charge in [0.25, 0.3) is 0 Å². The van der Waals surface area contributed by atoms with Crippen molar-refractivity contribution in [2.75, 3.05) is 0 Å². The molecular formula is C122H157N11. The van der Waals surface area contributed by atoms with Crippen molar-refractivity contribution in [3.05, 3.63) is 356 Å². The molecule has 700 valence electrons. The molecule has 0 saturated carbocycles. The lowest BCUT2D eigenvalue weighted by atomic mass is 10.0. The van der Waals surface area contributed by atoms with Crippen LogP contribution >= 0.6 is 0 Å². The Kier molecular flexibility index (Phi) is 60.5. The van der Waals surface area contributed by atoms with Crippen LogP contribution in [0.1, 0.15) is 233 Å². The molecule has 0 fully saturated rings. The first-order chi connectivity index (χ1) is 65.5. The van der Waals surface area contributed by atoms with Gasteiger partial charge in [-0.1, -0.05) is 381 Å². The minimum atomic E-state index is 0.981. The topological polar surface area (TPSA) is 142 Å². The fraction of sp³-hybridized carbons (Fsp3) is 0.287. The summed E-state index contributed by atoms with van der Waals surface area (Å²) in [5, 5.41) is 20.4. The summed E-state index contributed by atoms with van der Waals surface area (Å²) in [7, 11) is 0. The second-order valence-corrected chi connectivity index (χ2v) is 26.3. The van der Waals surface area contributed by atoms with Gasteiger partial charge in [0, 0.05) is 143 Å². The first-order valence-corrected chi connectivity index (χ1v) is 49.1. The van der Waals surface area contributed by atoms with Crippen LogP contribution in [0.5, 0.6) is 0 Å². The highest BCUT2D eigenvalue weighted by molar-refractivity contribution is 6.10. The third kappa shape index (κ3) is 33.1. The van der Waals surface area contributed by atoms with E-state index in [0.29, 0.717) is 0 Å². The monoisotopic (exact) mass is 1780 g/mol. The summed E-state index contributed by atoms with van der Waals surface area (Å²) in [6.45, 7) is 70.6. The normalized spacial score (nSPS) is 9.32. The first kappa shape index (κ1) is 117. The summed E-state index contributed by atoms with van der Waals surface area (Å²) >= 11 is 0. The van der Waals surface area contributed by atoms with Crippen LogP contribution in [0.25, 0.3) is 152 Å². The minimum absolute atomic E-state index is 0.981. The molecule has 21 rings (SSSR count). The summed E-state index contributed by atoms with van der Waals surface area (Å²) in [5.41, 5.74) is 19.8. The van der Waals surface area contributed by atoms with Gasteiger partial charge in [0.05, 0.1) is 60.7 Å². The van der Waals surface area contributed by atoms with E-state index in [9.17, 15) is 0 Å². The summed E-state index contributed by atoms with van der Waals surface area (Å²) < 4.78 is 0. The molecule has 11 heteroatoms. The van der Waals surface area contributed by atoms with E-state index in [0.717, 1.165) is 98.7 Å². The molecule has 0 amide bonds. The van der Waals surface area contributed by atoms with Gasteiger partial charge in [-0.05, 0) is 166 Å². The van der Waals surface area contributed by atoms with Crippen molar-refractivity contribution in [3.63, 3.8) is 0 Å². The molecule has 0 spiro atoms. The second-order valence-electron chi connectivity index (χ2n) is 26.3. The van der Waals surface area contributed by atoms with E-state index in [-0.39, 0.29) is 0 Å². The van der Waals surface area contributed by atoms with Crippen LogP contribution in [-0.4, -0.2) is 54.8 Å². The van der Waals surface area contributed by atoms with Crippen LogP contribution in [0, 0.1) is 48.5 Å². The number of aromatic nitrogens is 11. The molecule has 0 bridgehead atoms. The minimum Gasteiger partial charge on any atom is -0.256 e. The molecule has 0 N–H and O–H groups in total. The lowest BCUT2D eigenvalue weighted by molar-refractivity contribution is 1.25.